The van der Waals surface area contributed by atoms with Crippen LogP contribution in [-0.4, -0.2) is 50.1 Å². The Morgan fingerprint density at radius 1 is 1.05 bits per heavy atom. The van der Waals surface area contributed by atoms with Crippen LogP contribution in [0, 0.1) is 5.82 Å². The summed E-state index contributed by atoms with van der Waals surface area (Å²) in [6.07, 6.45) is 3.20. The number of rotatable bonds is 8. The van der Waals surface area contributed by atoms with E-state index in [1.807, 2.05) is 30.3 Å². The van der Waals surface area contributed by atoms with Gasteiger partial charge in [0, 0.05) is 42.3 Å². The number of nitrogens with zero attached hydrogens (tertiary/aromatic N) is 6. The number of ether oxygens (including phenoxy) is 1. The van der Waals surface area contributed by atoms with E-state index in [1.165, 1.54) is 12.5 Å². The lowest BCUT2D eigenvalue weighted by Gasteiger charge is -2.40. The molecule has 1 saturated heterocycles. The smallest absolute Gasteiger partial charge is 0.215 e. The molecule has 2 aromatic carbocycles. The lowest BCUT2D eigenvalue weighted by molar-refractivity contribution is 0.174. The first-order chi connectivity index (χ1) is 19.0. The molecular formula is C29H28ClFN6O2. The highest BCUT2D eigenvalue weighted by Crippen LogP contribution is 2.24. The predicted octanol–water partition coefficient (Wildman–Crippen LogP) is 5.55. The number of halogens is 2. The Hall–Kier alpha value is -3.95. The van der Waals surface area contributed by atoms with Gasteiger partial charge < -0.3 is 18.6 Å². The maximum Gasteiger partial charge on any atom is 0.215 e. The van der Waals surface area contributed by atoms with E-state index >= 15 is 0 Å². The van der Waals surface area contributed by atoms with Crippen LogP contribution in [0.15, 0.2) is 77.7 Å². The van der Waals surface area contributed by atoms with Gasteiger partial charge >= 0.3 is 0 Å². The molecule has 6 rings (SSSR count). The quantitative estimate of drug-likeness (QED) is 0.253. The van der Waals surface area contributed by atoms with Gasteiger partial charge in [0.15, 0.2) is 6.39 Å². The Labute approximate surface area is 230 Å². The third-order valence-corrected chi connectivity index (χ3v) is 7.30. The molecule has 8 nitrogen and oxygen atoms in total. The molecule has 1 aliphatic rings. The molecular weight excluding hydrogens is 519 g/mol. The second kappa shape index (κ2) is 11.0. The normalized spacial score (nSPS) is 16.2. The van der Waals surface area contributed by atoms with Gasteiger partial charge in [0.25, 0.3) is 0 Å². The minimum Gasteiger partial charge on any atom is -0.473 e. The molecule has 39 heavy (non-hydrogen) atoms. The molecule has 0 spiro atoms. The predicted molar refractivity (Wildman–Crippen MR) is 147 cm³/mol. The second-order valence-corrected chi connectivity index (χ2v) is 10.1. The number of pyridine rings is 1. The van der Waals surface area contributed by atoms with Crippen LogP contribution in [0.25, 0.3) is 11.0 Å². The average molecular weight is 547 g/mol. The van der Waals surface area contributed by atoms with E-state index in [2.05, 4.69) is 32.3 Å². The third kappa shape index (κ3) is 5.60. The van der Waals surface area contributed by atoms with Crippen LogP contribution in [0.4, 0.5) is 10.2 Å². The molecule has 1 atom stereocenters. The highest BCUT2D eigenvalue weighted by molar-refractivity contribution is 6.30. The van der Waals surface area contributed by atoms with Crippen molar-refractivity contribution in [2.75, 3.05) is 24.5 Å². The van der Waals surface area contributed by atoms with Crippen LogP contribution in [0.2, 0.25) is 5.02 Å². The lowest BCUT2D eigenvalue weighted by atomic mass is 10.2. The van der Waals surface area contributed by atoms with E-state index in [0.29, 0.717) is 23.0 Å². The Bertz CT molecular complexity index is 1570. The first-order valence-electron chi connectivity index (χ1n) is 12.9. The standard InChI is InChI=1S/C29H28ClFN6O2/c1-20-15-36(27-7-4-8-29(34-27)38-18-21-9-10-22(30)13-24(21)31)12-11-35(20)17-28-33-25-5-2-3-6-26(25)37(28)16-23-14-32-19-39-23/h2-10,13-14,19-20H,11-12,15-18H2,1H3/t20-/m0/s1. The van der Waals surface area contributed by atoms with Gasteiger partial charge in [-0.2, -0.15) is 4.98 Å². The Morgan fingerprint density at radius 2 is 1.95 bits per heavy atom. The van der Waals surface area contributed by atoms with Gasteiger partial charge in [-0.05, 0) is 37.3 Å². The van der Waals surface area contributed by atoms with E-state index < -0.39 is 5.82 Å². The molecule has 1 fully saturated rings. The summed E-state index contributed by atoms with van der Waals surface area (Å²) >= 11 is 5.85. The maximum atomic E-state index is 14.1. The molecule has 0 bridgehead atoms. The molecule has 0 amide bonds. The van der Waals surface area contributed by atoms with E-state index in [-0.39, 0.29) is 12.6 Å². The first kappa shape index (κ1) is 25.3. The topological polar surface area (TPSA) is 72.5 Å². The van der Waals surface area contributed by atoms with Gasteiger partial charge in [-0.1, -0.05) is 35.9 Å². The number of hydrogen-bond acceptors (Lipinski definition) is 7. The number of oxazole rings is 1. The summed E-state index contributed by atoms with van der Waals surface area (Å²) in [5.74, 6) is 2.70. The molecule has 4 heterocycles. The summed E-state index contributed by atoms with van der Waals surface area (Å²) in [6.45, 7) is 6.09. The number of imidazole rings is 1. The highest BCUT2D eigenvalue weighted by atomic mass is 35.5. The van der Waals surface area contributed by atoms with Gasteiger partial charge in [-0.25, -0.2) is 14.4 Å². The number of aromatic nitrogens is 4. The van der Waals surface area contributed by atoms with Crippen molar-refractivity contribution < 1.29 is 13.5 Å². The Morgan fingerprint density at radius 3 is 2.77 bits per heavy atom. The number of hydrogen-bond donors (Lipinski definition) is 0. The number of para-hydroxylation sites is 2. The molecule has 3 aromatic heterocycles. The average Bonchev–Trinajstić information content (AvgIpc) is 3.58. The van der Waals surface area contributed by atoms with E-state index in [4.69, 9.17) is 30.7 Å². The van der Waals surface area contributed by atoms with Crippen molar-refractivity contribution in [3.8, 4) is 5.88 Å². The van der Waals surface area contributed by atoms with E-state index in [0.717, 1.165) is 54.6 Å². The molecule has 200 valence electrons. The van der Waals surface area contributed by atoms with Crippen LogP contribution in [0.5, 0.6) is 5.88 Å². The monoisotopic (exact) mass is 546 g/mol. The SMILES string of the molecule is C[C@H]1CN(c2cccc(OCc3ccc(Cl)cc3F)n2)CCN1Cc1nc2ccccc2n1Cc1cnco1. The molecule has 0 radical (unpaired) electrons. The van der Waals surface area contributed by atoms with Gasteiger partial charge in [0.2, 0.25) is 5.88 Å². The molecule has 0 N–H and O–H groups in total. The zero-order valence-corrected chi connectivity index (χ0v) is 22.3. The van der Waals surface area contributed by atoms with Crippen molar-refractivity contribution in [3.63, 3.8) is 0 Å². The van der Waals surface area contributed by atoms with Gasteiger partial charge in [-0.3, -0.25) is 4.90 Å². The minimum absolute atomic E-state index is 0.0820. The second-order valence-electron chi connectivity index (χ2n) is 9.69. The molecule has 0 unspecified atom stereocenters. The number of piperazine rings is 1. The molecule has 1 aliphatic heterocycles. The zero-order valence-electron chi connectivity index (χ0n) is 21.5. The van der Waals surface area contributed by atoms with Gasteiger partial charge in [0.1, 0.15) is 29.8 Å². The summed E-state index contributed by atoms with van der Waals surface area (Å²) in [5.41, 5.74) is 2.48. The zero-order chi connectivity index (χ0) is 26.8. The first-order valence-corrected chi connectivity index (χ1v) is 13.3. The molecule has 0 saturated carbocycles. The fourth-order valence-electron chi connectivity index (χ4n) is 4.97. The van der Waals surface area contributed by atoms with Crippen LogP contribution in [0.3, 0.4) is 0 Å². The van der Waals surface area contributed by atoms with Crippen molar-refractivity contribution in [1.29, 1.82) is 0 Å². The van der Waals surface area contributed by atoms with Crippen LogP contribution < -0.4 is 9.64 Å². The molecule has 5 aromatic rings. The fraction of sp³-hybridized carbons (Fsp3) is 0.276. The van der Waals surface area contributed by atoms with Crippen LogP contribution >= 0.6 is 11.6 Å². The third-order valence-electron chi connectivity index (χ3n) is 7.06. The van der Waals surface area contributed by atoms with Crippen molar-refractivity contribution >= 4 is 28.5 Å². The fourth-order valence-corrected chi connectivity index (χ4v) is 5.13. The van der Waals surface area contributed by atoms with Gasteiger partial charge in [0.05, 0.1) is 30.3 Å². The van der Waals surface area contributed by atoms with Crippen molar-refractivity contribution in [3.05, 3.63) is 101 Å². The maximum absolute atomic E-state index is 14.1. The van der Waals surface area contributed by atoms with Crippen LogP contribution in [0.1, 0.15) is 24.1 Å². The lowest BCUT2D eigenvalue weighted by Crippen LogP contribution is -2.52. The molecule has 0 aliphatic carbocycles. The van der Waals surface area contributed by atoms with Gasteiger partial charge in [-0.15, -0.1) is 0 Å². The summed E-state index contributed by atoms with van der Waals surface area (Å²) < 4.78 is 27.7. The summed E-state index contributed by atoms with van der Waals surface area (Å²) in [4.78, 5) is 18.4. The van der Waals surface area contributed by atoms with Crippen molar-refractivity contribution in [2.45, 2.75) is 32.7 Å². The van der Waals surface area contributed by atoms with Crippen molar-refractivity contribution in [2.24, 2.45) is 0 Å². The largest absolute Gasteiger partial charge is 0.473 e. The summed E-state index contributed by atoms with van der Waals surface area (Å²) in [6, 6.07) is 18.7. The van der Waals surface area contributed by atoms with Crippen LogP contribution in [-0.2, 0) is 19.7 Å². The number of benzene rings is 2. The van der Waals surface area contributed by atoms with Crippen molar-refractivity contribution in [1.82, 2.24) is 24.4 Å². The minimum atomic E-state index is -0.391. The highest BCUT2D eigenvalue weighted by Gasteiger charge is 2.26. The molecule has 10 heteroatoms. The summed E-state index contributed by atoms with van der Waals surface area (Å²) in [7, 11) is 0. The van der Waals surface area contributed by atoms with E-state index in [9.17, 15) is 4.39 Å². The summed E-state index contributed by atoms with van der Waals surface area (Å²) in [5, 5.41) is 0.358. The number of anilines is 1. The Kier molecular flexibility index (Phi) is 7.17. The Balaban J connectivity index is 1.13. The number of fused-ring (bicyclic) bond motifs is 1. The van der Waals surface area contributed by atoms with E-state index in [1.54, 1.807) is 24.4 Å².